The van der Waals surface area contributed by atoms with Crippen LogP contribution in [0.3, 0.4) is 0 Å². The molecule has 1 N–H and O–H groups in total. The average Bonchev–Trinajstić information content (AvgIpc) is 3.16. The van der Waals surface area contributed by atoms with Crippen LogP contribution in [0.15, 0.2) is 78.3 Å². The van der Waals surface area contributed by atoms with Crippen molar-refractivity contribution in [3.8, 4) is 5.75 Å². The van der Waals surface area contributed by atoms with Gasteiger partial charge >= 0.3 is 0 Å². The number of allylic oxidation sites excluding steroid dienone is 2. The first-order chi connectivity index (χ1) is 12.7. The van der Waals surface area contributed by atoms with Gasteiger partial charge in [0.25, 0.3) is 5.91 Å². The molecule has 1 saturated heterocycles. The van der Waals surface area contributed by atoms with Gasteiger partial charge in [-0.3, -0.25) is 9.69 Å². The van der Waals surface area contributed by atoms with Crippen molar-refractivity contribution in [3.63, 3.8) is 0 Å². The normalized spacial score (nSPS) is 19.1. The first kappa shape index (κ1) is 16.4. The van der Waals surface area contributed by atoms with Gasteiger partial charge in [0, 0.05) is 12.6 Å². The number of carbonyl (C=O) groups is 1. The molecule has 130 valence electrons. The number of nitrogens with one attached hydrogen (secondary N) is 1. The molecule has 0 aliphatic carbocycles. The molecule has 2 heterocycles. The summed E-state index contributed by atoms with van der Waals surface area (Å²) in [6.07, 6.45) is 3.50. The second kappa shape index (κ2) is 6.65. The zero-order valence-corrected chi connectivity index (χ0v) is 15.0. The smallest absolute Gasteiger partial charge is 0.281 e. The summed E-state index contributed by atoms with van der Waals surface area (Å²) in [4.78, 5) is 16.3. The minimum absolute atomic E-state index is 0.184. The van der Waals surface area contributed by atoms with E-state index in [0.29, 0.717) is 16.7 Å². The van der Waals surface area contributed by atoms with E-state index in [-0.39, 0.29) is 5.91 Å². The van der Waals surface area contributed by atoms with Gasteiger partial charge in [0.15, 0.2) is 10.9 Å². The predicted molar refractivity (Wildman–Crippen MR) is 106 cm³/mol. The highest BCUT2D eigenvalue weighted by Crippen LogP contribution is 2.38. The van der Waals surface area contributed by atoms with Gasteiger partial charge in [-0.15, -0.1) is 0 Å². The number of nitrogens with zero attached hydrogens (tertiary/aromatic N) is 2. The van der Waals surface area contributed by atoms with Crippen molar-refractivity contribution in [3.05, 3.63) is 78.3 Å². The van der Waals surface area contributed by atoms with E-state index < -0.39 is 0 Å². The molecule has 6 heteroatoms. The van der Waals surface area contributed by atoms with Crippen LogP contribution in [0.5, 0.6) is 5.75 Å². The number of fused-ring (bicyclic) bond motifs is 1. The van der Waals surface area contributed by atoms with Gasteiger partial charge in [0.05, 0.1) is 11.4 Å². The molecular weight excluding hydrogens is 346 g/mol. The van der Waals surface area contributed by atoms with Gasteiger partial charge in [-0.1, -0.05) is 30.3 Å². The van der Waals surface area contributed by atoms with Gasteiger partial charge in [0.1, 0.15) is 5.70 Å². The molecule has 0 aromatic heterocycles. The lowest BCUT2D eigenvalue weighted by atomic mass is 10.3. The highest BCUT2D eigenvalue weighted by molar-refractivity contribution is 7.80. The van der Waals surface area contributed by atoms with Crippen molar-refractivity contribution in [2.75, 3.05) is 16.3 Å². The Hall–Kier alpha value is -3.12. The Morgan fingerprint density at radius 2 is 1.81 bits per heavy atom. The molecule has 0 spiro atoms. The molecule has 5 nitrogen and oxygen atoms in total. The topological polar surface area (TPSA) is 44.8 Å². The third-order valence-corrected chi connectivity index (χ3v) is 4.52. The van der Waals surface area contributed by atoms with Gasteiger partial charge < -0.3 is 15.0 Å². The highest BCUT2D eigenvalue weighted by Gasteiger charge is 2.32. The predicted octanol–water partition coefficient (Wildman–Crippen LogP) is 3.55. The molecule has 0 bridgehead atoms. The monoisotopic (exact) mass is 363 g/mol. The molecule has 1 fully saturated rings. The van der Waals surface area contributed by atoms with Gasteiger partial charge in [-0.25, -0.2) is 0 Å². The molecule has 1 amide bonds. The number of anilines is 2. The average molecular weight is 363 g/mol. The molecule has 2 aliphatic heterocycles. The molecule has 0 saturated carbocycles. The van der Waals surface area contributed by atoms with Gasteiger partial charge in [-0.05, 0) is 49.5 Å². The van der Waals surface area contributed by atoms with E-state index in [1.807, 2.05) is 54.6 Å². The van der Waals surface area contributed by atoms with Crippen LogP contribution in [0.2, 0.25) is 0 Å². The van der Waals surface area contributed by atoms with Crippen LogP contribution >= 0.6 is 12.2 Å². The fourth-order valence-electron chi connectivity index (χ4n) is 3.02. The van der Waals surface area contributed by atoms with Crippen LogP contribution < -0.4 is 19.9 Å². The van der Waals surface area contributed by atoms with E-state index in [0.717, 1.165) is 23.7 Å². The summed E-state index contributed by atoms with van der Waals surface area (Å²) < 4.78 is 5.90. The fraction of sp³-hybridized carbons (Fsp3) is 0.100. The summed E-state index contributed by atoms with van der Waals surface area (Å²) >= 11 is 5.32. The number of ether oxygens (including phenoxy) is 1. The summed E-state index contributed by atoms with van der Waals surface area (Å²) in [6, 6.07) is 17.2. The molecule has 2 aliphatic rings. The van der Waals surface area contributed by atoms with Crippen LogP contribution in [-0.2, 0) is 4.79 Å². The Balaban J connectivity index is 1.61. The Bertz CT molecular complexity index is 937. The standard InChI is InChI=1S/C20H17N3O2S/c1-2-22-16-10-6-7-11-17(16)25-18(22)13-12-15-19(24)23(20(26)21-15)14-8-4-3-5-9-14/h3-13H,2H2,1H3,(H,21,26). The van der Waals surface area contributed by atoms with Crippen LogP contribution in [0.4, 0.5) is 11.4 Å². The van der Waals surface area contributed by atoms with E-state index in [2.05, 4.69) is 17.1 Å². The Morgan fingerprint density at radius 1 is 1.08 bits per heavy atom. The first-order valence-corrected chi connectivity index (χ1v) is 8.76. The Kier molecular flexibility index (Phi) is 4.18. The summed E-state index contributed by atoms with van der Waals surface area (Å²) in [7, 11) is 0. The summed E-state index contributed by atoms with van der Waals surface area (Å²) in [5.74, 6) is 1.31. The van der Waals surface area contributed by atoms with Crippen LogP contribution in [0, 0.1) is 0 Å². The van der Waals surface area contributed by atoms with Crippen LogP contribution in [0.25, 0.3) is 0 Å². The summed E-state index contributed by atoms with van der Waals surface area (Å²) in [5.41, 5.74) is 2.18. The van der Waals surface area contributed by atoms with Crippen molar-refractivity contribution in [2.24, 2.45) is 0 Å². The molecule has 0 atom stereocenters. The number of hydrogen-bond donors (Lipinski definition) is 1. The first-order valence-electron chi connectivity index (χ1n) is 8.36. The number of thiocarbonyl (C=S) groups is 1. The molecule has 0 unspecified atom stereocenters. The zero-order valence-electron chi connectivity index (χ0n) is 14.2. The number of carbonyl (C=O) groups excluding carboxylic acids is 1. The molecule has 26 heavy (non-hydrogen) atoms. The lowest BCUT2D eigenvalue weighted by molar-refractivity contribution is -0.113. The lowest BCUT2D eigenvalue weighted by Crippen LogP contribution is -2.30. The number of hydrogen-bond acceptors (Lipinski definition) is 4. The second-order valence-electron chi connectivity index (χ2n) is 5.81. The summed E-state index contributed by atoms with van der Waals surface area (Å²) in [6.45, 7) is 2.82. The summed E-state index contributed by atoms with van der Waals surface area (Å²) in [5, 5.41) is 3.35. The quantitative estimate of drug-likeness (QED) is 0.667. The lowest BCUT2D eigenvalue weighted by Gasteiger charge is -2.14. The van der Waals surface area contributed by atoms with Gasteiger partial charge in [0.2, 0.25) is 5.88 Å². The highest BCUT2D eigenvalue weighted by atomic mass is 32.1. The van der Waals surface area contributed by atoms with E-state index >= 15 is 0 Å². The SMILES string of the molecule is CCN1C(=CC=C2NC(=S)N(c3ccccc3)C2=O)Oc2ccccc21. The molecule has 4 rings (SSSR count). The maximum absolute atomic E-state index is 12.7. The van der Waals surface area contributed by atoms with Crippen molar-refractivity contribution < 1.29 is 9.53 Å². The minimum Gasteiger partial charge on any atom is -0.439 e. The minimum atomic E-state index is -0.184. The third kappa shape index (κ3) is 2.74. The largest absolute Gasteiger partial charge is 0.439 e. The third-order valence-electron chi connectivity index (χ3n) is 4.24. The van der Waals surface area contributed by atoms with Crippen LogP contribution in [0.1, 0.15) is 6.92 Å². The molecule has 2 aromatic carbocycles. The van der Waals surface area contributed by atoms with Crippen molar-refractivity contribution >= 4 is 34.6 Å². The van der Waals surface area contributed by atoms with Crippen molar-refractivity contribution in [2.45, 2.75) is 6.92 Å². The Labute approximate surface area is 157 Å². The molecule has 2 aromatic rings. The van der Waals surface area contributed by atoms with E-state index in [1.54, 1.807) is 12.2 Å². The van der Waals surface area contributed by atoms with E-state index in [9.17, 15) is 4.79 Å². The second-order valence-corrected chi connectivity index (χ2v) is 6.19. The van der Waals surface area contributed by atoms with Gasteiger partial charge in [-0.2, -0.15) is 0 Å². The fourth-order valence-corrected chi connectivity index (χ4v) is 3.32. The van der Waals surface area contributed by atoms with E-state index in [4.69, 9.17) is 17.0 Å². The van der Waals surface area contributed by atoms with Crippen molar-refractivity contribution in [1.82, 2.24) is 5.32 Å². The van der Waals surface area contributed by atoms with E-state index in [1.165, 1.54) is 4.90 Å². The molecule has 0 radical (unpaired) electrons. The van der Waals surface area contributed by atoms with Crippen LogP contribution in [-0.4, -0.2) is 17.6 Å². The maximum Gasteiger partial charge on any atom is 0.281 e. The number of benzene rings is 2. The molecular formula is C20H17N3O2S. The zero-order chi connectivity index (χ0) is 18.1. The maximum atomic E-state index is 12.7. The Morgan fingerprint density at radius 3 is 2.58 bits per heavy atom. The number of para-hydroxylation sites is 3. The number of amides is 1. The van der Waals surface area contributed by atoms with Crippen molar-refractivity contribution in [1.29, 1.82) is 0 Å². The number of rotatable bonds is 3.